The molecule has 1 aliphatic carbocycles. The van der Waals surface area contributed by atoms with Crippen LogP contribution >= 0.6 is 11.8 Å². The lowest BCUT2D eigenvalue weighted by atomic mass is 10.1. The summed E-state index contributed by atoms with van der Waals surface area (Å²) in [6.07, 6.45) is 5.47. The number of hydrogen-bond acceptors (Lipinski definition) is 2. The van der Waals surface area contributed by atoms with E-state index in [1.54, 1.807) is 6.07 Å². The van der Waals surface area contributed by atoms with E-state index >= 15 is 0 Å². The minimum Gasteiger partial charge on any atom is -0.326 e. The number of nitrogens with two attached hydrogens (primary N) is 1. The molecule has 0 radical (unpaired) electrons. The first kappa shape index (κ1) is 12.9. The minimum atomic E-state index is -0.0962. The van der Waals surface area contributed by atoms with Crippen LogP contribution in [-0.4, -0.2) is 5.75 Å². The van der Waals surface area contributed by atoms with Crippen LogP contribution in [0, 0.1) is 11.7 Å². The molecule has 1 nitrogen and oxygen atoms in total. The van der Waals surface area contributed by atoms with E-state index in [9.17, 15) is 4.39 Å². The topological polar surface area (TPSA) is 26.0 Å². The van der Waals surface area contributed by atoms with Crippen LogP contribution < -0.4 is 5.73 Å². The number of thioether (sulfide) groups is 1. The van der Waals surface area contributed by atoms with Gasteiger partial charge in [-0.3, -0.25) is 0 Å². The van der Waals surface area contributed by atoms with Crippen molar-refractivity contribution in [3.63, 3.8) is 0 Å². The predicted molar refractivity (Wildman–Crippen MR) is 72.4 cm³/mol. The fourth-order valence-electron chi connectivity index (χ4n) is 2.38. The summed E-state index contributed by atoms with van der Waals surface area (Å²) >= 11 is 1.86. The van der Waals surface area contributed by atoms with Gasteiger partial charge >= 0.3 is 0 Å². The van der Waals surface area contributed by atoms with Crippen molar-refractivity contribution in [2.75, 3.05) is 5.75 Å². The normalized spacial score (nSPS) is 16.6. The van der Waals surface area contributed by atoms with Crippen LogP contribution in [0.5, 0.6) is 0 Å². The number of rotatable bonds is 5. The van der Waals surface area contributed by atoms with Crippen LogP contribution in [0.4, 0.5) is 4.39 Å². The zero-order chi connectivity index (χ0) is 12.1. The predicted octanol–water partition coefficient (Wildman–Crippen LogP) is 3.71. The van der Waals surface area contributed by atoms with Gasteiger partial charge in [-0.05, 0) is 41.7 Å². The Morgan fingerprint density at radius 3 is 2.76 bits per heavy atom. The van der Waals surface area contributed by atoms with Crippen LogP contribution in [0.15, 0.2) is 18.2 Å². The first-order valence-corrected chi connectivity index (χ1v) is 7.50. The van der Waals surface area contributed by atoms with Gasteiger partial charge in [0.15, 0.2) is 0 Å². The smallest absolute Gasteiger partial charge is 0.127 e. The van der Waals surface area contributed by atoms with E-state index in [-0.39, 0.29) is 5.82 Å². The molecule has 0 heterocycles. The third kappa shape index (κ3) is 3.71. The van der Waals surface area contributed by atoms with Crippen molar-refractivity contribution in [2.24, 2.45) is 11.7 Å². The summed E-state index contributed by atoms with van der Waals surface area (Å²) in [5.74, 6) is 2.71. The van der Waals surface area contributed by atoms with Crippen LogP contribution in [0.1, 0.15) is 36.8 Å². The van der Waals surface area contributed by atoms with Gasteiger partial charge in [0.2, 0.25) is 0 Å². The van der Waals surface area contributed by atoms with Crippen LogP contribution in [0.2, 0.25) is 0 Å². The van der Waals surface area contributed by atoms with E-state index in [0.29, 0.717) is 6.54 Å². The molecule has 0 aromatic heterocycles. The average molecular weight is 253 g/mol. The van der Waals surface area contributed by atoms with E-state index < -0.39 is 0 Å². The number of hydrogen-bond donors (Lipinski definition) is 1. The monoisotopic (exact) mass is 253 g/mol. The second-order valence-corrected chi connectivity index (χ2v) is 5.83. The Bertz CT molecular complexity index is 361. The highest BCUT2D eigenvalue weighted by Crippen LogP contribution is 2.29. The molecule has 0 aliphatic heterocycles. The van der Waals surface area contributed by atoms with Gasteiger partial charge in [-0.15, -0.1) is 0 Å². The van der Waals surface area contributed by atoms with Crippen molar-refractivity contribution in [3.05, 3.63) is 35.1 Å². The summed E-state index contributed by atoms with van der Waals surface area (Å²) in [5, 5.41) is 0. The van der Waals surface area contributed by atoms with Crippen molar-refractivity contribution in [3.8, 4) is 0 Å². The van der Waals surface area contributed by atoms with E-state index in [4.69, 9.17) is 5.73 Å². The van der Waals surface area contributed by atoms with Crippen molar-refractivity contribution in [1.29, 1.82) is 0 Å². The Labute approximate surface area is 107 Å². The Morgan fingerprint density at radius 1 is 1.29 bits per heavy atom. The highest BCUT2D eigenvalue weighted by Gasteiger charge is 2.15. The van der Waals surface area contributed by atoms with Crippen LogP contribution in [-0.2, 0) is 12.3 Å². The summed E-state index contributed by atoms with van der Waals surface area (Å²) in [5.41, 5.74) is 7.39. The fourth-order valence-corrected chi connectivity index (χ4v) is 3.60. The van der Waals surface area contributed by atoms with Gasteiger partial charge in [0.05, 0.1) is 0 Å². The van der Waals surface area contributed by atoms with E-state index in [0.717, 1.165) is 22.8 Å². The van der Waals surface area contributed by atoms with Crippen molar-refractivity contribution in [1.82, 2.24) is 0 Å². The quantitative estimate of drug-likeness (QED) is 0.865. The van der Waals surface area contributed by atoms with E-state index in [1.807, 2.05) is 17.8 Å². The van der Waals surface area contributed by atoms with Gasteiger partial charge in [-0.1, -0.05) is 25.0 Å². The van der Waals surface area contributed by atoms with Crippen molar-refractivity contribution >= 4 is 11.8 Å². The maximum absolute atomic E-state index is 13.6. The SMILES string of the molecule is NCc1ccc(F)c(CSCC2CCCC2)c1. The molecule has 0 amide bonds. The van der Waals surface area contributed by atoms with Crippen LogP contribution in [0.25, 0.3) is 0 Å². The summed E-state index contributed by atoms with van der Waals surface area (Å²) in [7, 11) is 0. The third-order valence-corrected chi connectivity index (χ3v) is 4.65. The van der Waals surface area contributed by atoms with Gasteiger partial charge in [0.1, 0.15) is 5.82 Å². The lowest BCUT2D eigenvalue weighted by Gasteiger charge is -2.09. The molecule has 1 aliphatic rings. The molecule has 0 atom stereocenters. The molecule has 0 bridgehead atoms. The van der Waals surface area contributed by atoms with Gasteiger partial charge in [0, 0.05) is 12.3 Å². The van der Waals surface area contributed by atoms with Gasteiger partial charge in [-0.2, -0.15) is 11.8 Å². The molecule has 1 aromatic rings. The first-order valence-electron chi connectivity index (χ1n) is 6.34. The Kier molecular flexibility index (Phi) is 4.86. The molecule has 94 valence electrons. The third-order valence-electron chi connectivity index (χ3n) is 3.43. The maximum Gasteiger partial charge on any atom is 0.127 e. The Morgan fingerprint density at radius 2 is 2.06 bits per heavy atom. The zero-order valence-corrected chi connectivity index (χ0v) is 10.9. The molecule has 0 saturated heterocycles. The van der Waals surface area contributed by atoms with E-state index in [2.05, 4.69) is 0 Å². The minimum absolute atomic E-state index is 0.0962. The summed E-state index contributed by atoms with van der Waals surface area (Å²) in [4.78, 5) is 0. The summed E-state index contributed by atoms with van der Waals surface area (Å²) < 4.78 is 13.6. The second kappa shape index (κ2) is 6.41. The zero-order valence-electron chi connectivity index (χ0n) is 10.1. The maximum atomic E-state index is 13.6. The Balaban J connectivity index is 1.84. The molecule has 1 fully saturated rings. The average Bonchev–Trinajstić information content (AvgIpc) is 2.84. The molecule has 1 saturated carbocycles. The Hall–Kier alpha value is -0.540. The highest BCUT2D eigenvalue weighted by atomic mass is 32.2. The van der Waals surface area contributed by atoms with E-state index in [1.165, 1.54) is 37.5 Å². The van der Waals surface area contributed by atoms with Gasteiger partial charge in [-0.25, -0.2) is 4.39 Å². The molecule has 1 aromatic carbocycles. The van der Waals surface area contributed by atoms with Crippen LogP contribution in [0.3, 0.4) is 0 Å². The lowest BCUT2D eigenvalue weighted by Crippen LogP contribution is -2.00. The second-order valence-electron chi connectivity index (χ2n) is 4.80. The number of halogens is 1. The molecule has 17 heavy (non-hydrogen) atoms. The molecule has 0 unspecified atom stereocenters. The summed E-state index contributed by atoms with van der Waals surface area (Å²) in [6, 6.07) is 5.20. The van der Waals surface area contributed by atoms with Crippen molar-refractivity contribution in [2.45, 2.75) is 38.0 Å². The summed E-state index contributed by atoms with van der Waals surface area (Å²) in [6.45, 7) is 0.487. The molecule has 3 heteroatoms. The van der Waals surface area contributed by atoms with Gasteiger partial charge in [0.25, 0.3) is 0 Å². The first-order chi connectivity index (χ1) is 8.29. The molecule has 0 spiro atoms. The van der Waals surface area contributed by atoms with Crippen molar-refractivity contribution < 1.29 is 4.39 Å². The number of benzene rings is 1. The standard InChI is InChI=1S/C14H20FNS/c15-14-6-5-12(8-16)7-13(14)10-17-9-11-3-1-2-4-11/h5-7,11H,1-4,8-10,16H2. The van der Waals surface area contributed by atoms with Gasteiger partial charge < -0.3 is 5.73 Å². The molecular formula is C14H20FNS. The fraction of sp³-hybridized carbons (Fsp3) is 0.571. The molecule has 2 rings (SSSR count). The highest BCUT2D eigenvalue weighted by molar-refractivity contribution is 7.98. The lowest BCUT2D eigenvalue weighted by molar-refractivity contribution is 0.614. The molecule has 2 N–H and O–H groups in total. The largest absolute Gasteiger partial charge is 0.326 e. The molecular weight excluding hydrogens is 233 g/mol.